The van der Waals surface area contributed by atoms with E-state index in [-0.39, 0.29) is 11.4 Å². The lowest BCUT2D eigenvalue weighted by Crippen LogP contribution is -2.46. The Morgan fingerprint density at radius 3 is 2.60 bits per heavy atom. The third-order valence-corrected chi connectivity index (χ3v) is 2.98. The van der Waals surface area contributed by atoms with Gasteiger partial charge < -0.3 is 15.3 Å². The number of carbonyl (C=O) groups excluding carboxylic acids is 1. The Morgan fingerprint density at radius 1 is 1.50 bits per heavy atom. The molecule has 1 rings (SSSR count). The molecule has 0 aromatic carbocycles. The number of aliphatic carboxylic acids is 1. The predicted octanol–water partition coefficient (Wildman–Crippen LogP) is 1.61. The summed E-state index contributed by atoms with van der Waals surface area (Å²) in [7, 11) is 0. The number of alkyl halides is 3. The zero-order valence-electron chi connectivity index (χ0n) is 10.4. The van der Waals surface area contributed by atoms with Crippen LogP contribution in [0.1, 0.15) is 9.88 Å². The van der Waals surface area contributed by atoms with Crippen molar-refractivity contribution in [1.82, 2.24) is 15.2 Å². The number of urea groups is 1. The largest absolute Gasteiger partial charge is 0.480 e. The zero-order valence-corrected chi connectivity index (χ0v) is 11.2. The maximum atomic E-state index is 12.3. The van der Waals surface area contributed by atoms with Crippen LogP contribution in [0.3, 0.4) is 0 Å². The maximum Gasteiger partial charge on any atom is 0.406 e. The van der Waals surface area contributed by atoms with Gasteiger partial charge in [-0.05, 0) is 6.92 Å². The van der Waals surface area contributed by atoms with Gasteiger partial charge in [-0.3, -0.25) is 4.79 Å². The molecule has 0 unspecified atom stereocenters. The van der Waals surface area contributed by atoms with Crippen molar-refractivity contribution < 1.29 is 27.9 Å². The van der Waals surface area contributed by atoms with Crippen LogP contribution in [-0.2, 0) is 11.3 Å². The molecule has 0 radical (unpaired) electrons. The second kappa shape index (κ2) is 6.55. The van der Waals surface area contributed by atoms with Gasteiger partial charge in [-0.2, -0.15) is 13.2 Å². The summed E-state index contributed by atoms with van der Waals surface area (Å²) in [6, 6.07) is -1.09. The van der Waals surface area contributed by atoms with E-state index >= 15 is 0 Å². The summed E-state index contributed by atoms with van der Waals surface area (Å²) in [4.78, 5) is 26.8. The molecule has 0 saturated heterocycles. The van der Waals surface area contributed by atoms with Crippen molar-refractivity contribution >= 4 is 23.3 Å². The van der Waals surface area contributed by atoms with Crippen LogP contribution in [0.15, 0.2) is 6.20 Å². The highest BCUT2D eigenvalue weighted by Gasteiger charge is 2.33. The quantitative estimate of drug-likeness (QED) is 0.865. The lowest BCUT2D eigenvalue weighted by Gasteiger charge is -2.22. The van der Waals surface area contributed by atoms with Crippen LogP contribution in [0.5, 0.6) is 0 Å². The Hall–Kier alpha value is -1.84. The van der Waals surface area contributed by atoms with Crippen LogP contribution in [0.4, 0.5) is 18.0 Å². The first kappa shape index (κ1) is 16.2. The van der Waals surface area contributed by atoms with Crippen molar-refractivity contribution in [2.75, 3.05) is 13.1 Å². The topological polar surface area (TPSA) is 82.5 Å². The molecule has 0 aliphatic rings. The van der Waals surface area contributed by atoms with E-state index in [4.69, 9.17) is 5.11 Å². The van der Waals surface area contributed by atoms with E-state index in [1.807, 2.05) is 0 Å². The number of hydrogen-bond acceptors (Lipinski definition) is 4. The van der Waals surface area contributed by atoms with Crippen LogP contribution in [0, 0.1) is 6.92 Å². The van der Waals surface area contributed by atoms with Gasteiger partial charge in [0.2, 0.25) is 0 Å². The third-order valence-electron chi connectivity index (χ3n) is 2.07. The van der Waals surface area contributed by atoms with Crippen molar-refractivity contribution in [3.63, 3.8) is 0 Å². The van der Waals surface area contributed by atoms with E-state index in [2.05, 4.69) is 10.3 Å². The fraction of sp³-hybridized carbons (Fsp3) is 0.500. The average molecular weight is 311 g/mol. The van der Waals surface area contributed by atoms with E-state index in [0.29, 0.717) is 4.88 Å². The second-order valence-electron chi connectivity index (χ2n) is 3.87. The van der Waals surface area contributed by atoms with Crippen LogP contribution < -0.4 is 5.32 Å². The van der Waals surface area contributed by atoms with E-state index in [1.165, 1.54) is 17.5 Å². The molecule has 10 heteroatoms. The number of carboxylic acid groups (broad SMARTS) is 1. The first-order chi connectivity index (χ1) is 9.17. The van der Waals surface area contributed by atoms with E-state index in [1.54, 1.807) is 6.92 Å². The Kier molecular flexibility index (Phi) is 5.31. The summed E-state index contributed by atoms with van der Waals surface area (Å²) in [6.07, 6.45) is -3.17. The van der Waals surface area contributed by atoms with Crippen molar-refractivity contribution in [3.8, 4) is 0 Å². The van der Waals surface area contributed by atoms with E-state index in [9.17, 15) is 22.8 Å². The molecule has 0 fully saturated rings. The number of hydrogen-bond donors (Lipinski definition) is 2. The molecule has 0 bridgehead atoms. The van der Waals surface area contributed by atoms with Gasteiger partial charge in [0.25, 0.3) is 0 Å². The van der Waals surface area contributed by atoms with Gasteiger partial charge in [-0.1, -0.05) is 0 Å². The van der Waals surface area contributed by atoms with Crippen molar-refractivity contribution in [2.45, 2.75) is 19.6 Å². The number of rotatable bonds is 5. The Bertz CT molecular complexity index is 490. The molecule has 0 saturated carbocycles. The number of carboxylic acids is 1. The first-order valence-electron chi connectivity index (χ1n) is 5.40. The summed E-state index contributed by atoms with van der Waals surface area (Å²) in [5, 5.41) is 11.5. The molecule has 0 aliphatic carbocycles. The molecule has 0 spiro atoms. The summed E-state index contributed by atoms with van der Waals surface area (Å²) in [5.74, 6) is -1.52. The smallest absolute Gasteiger partial charge is 0.406 e. The molecule has 1 aromatic rings. The summed E-state index contributed by atoms with van der Waals surface area (Å²) in [6.45, 7) is -0.894. The van der Waals surface area contributed by atoms with Gasteiger partial charge in [0, 0.05) is 11.1 Å². The number of nitrogens with zero attached hydrogens (tertiary/aromatic N) is 2. The number of aromatic nitrogens is 1. The molecule has 0 atom stereocenters. The van der Waals surface area contributed by atoms with Gasteiger partial charge in [0.15, 0.2) is 0 Å². The molecule has 6 nitrogen and oxygen atoms in total. The lowest BCUT2D eigenvalue weighted by molar-refractivity contribution is -0.148. The average Bonchev–Trinajstić information content (AvgIpc) is 2.68. The van der Waals surface area contributed by atoms with Crippen LogP contribution >= 0.6 is 11.3 Å². The number of carbonyl (C=O) groups is 2. The molecular weight excluding hydrogens is 299 g/mol. The molecule has 1 heterocycles. The van der Waals surface area contributed by atoms with E-state index < -0.39 is 31.3 Å². The number of thiazole rings is 1. The first-order valence-corrected chi connectivity index (χ1v) is 6.21. The Labute approximate surface area is 116 Å². The minimum atomic E-state index is -4.66. The van der Waals surface area contributed by atoms with Crippen LogP contribution in [0.25, 0.3) is 0 Å². The van der Waals surface area contributed by atoms with Crippen LogP contribution in [-0.4, -0.2) is 46.3 Å². The van der Waals surface area contributed by atoms with Gasteiger partial charge in [0.05, 0.1) is 11.6 Å². The molecule has 2 N–H and O–H groups in total. The normalized spacial score (nSPS) is 11.2. The summed E-state index contributed by atoms with van der Waals surface area (Å²) < 4.78 is 36.8. The molecule has 1 aromatic heterocycles. The van der Waals surface area contributed by atoms with Crippen molar-refractivity contribution in [1.29, 1.82) is 0 Å². The van der Waals surface area contributed by atoms with E-state index in [0.717, 1.165) is 5.01 Å². The third kappa shape index (κ3) is 5.87. The highest BCUT2D eigenvalue weighted by atomic mass is 32.1. The predicted molar refractivity (Wildman–Crippen MR) is 64.4 cm³/mol. The number of aryl methyl sites for hydroxylation is 1. The minimum Gasteiger partial charge on any atom is -0.480 e. The molecule has 20 heavy (non-hydrogen) atoms. The highest BCUT2D eigenvalue weighted by molar-refractivity contribution is 7.11. The Morgan fingerprint density at radius 2 is 2.15 bits per heavy atom. The number of halogens is 3. The van der Waals surface area contributed by atoms with Crippen molar-refractivity contribution in [3.05, 3.63) is 16.1 Å². The van der Waals surface area contributed by atoms with Gasteiger partial charge in [0.1, 0.15) is 13.1 Å². The standard InChI is InChI=1S/C10H12F3N3O3S/c1-6-14-2-7(20-6)3-15-9(19)16(4-8(17)18)5-10(11,12)13/h2H,3-5H2,1H3,(H,15,19)(H,17,18). The zero-order chi connectivity index (χ0) is 15.3. The molecular formula is C10H12F3N3O3S. The number of nitrogens with one attached hydrogen (secondary N) is 1. The lowest BCUT2D eigenvalue weighted by atomic mass is 10.4. The van der Waals surface area contributed by atoms with Gasteiger partial charge in [-0.15, -0.1) is 11.3 Å². The molecule has 2 amide bonds. The summed E-state index contributed by atoms with van der Waals surface area (Å²) in [5.41, 5.74) is 0. The fourth-order valence-electron chi connectivity index (χ4n) is 1.34. The van der Waals surface area contributed by atoms with Crippen molar-refractivity contribution in [2.24, 2.45) is 0 Å². The van der Waals surface area contributed by atoms with Crippen LogP contribution in [0.2, 0.25) is 0 Å². The van der Waals surface area contributed by atoms with Gasteiger partial charge >= 0.3 is 18.2 Å². The SMILES string of the molecule is Cc1ncc(CNC(=O)N(CC(=O)O)CC(F)(F)F)s1. The molecule has 112 valence electrons. The second-order valence-corrected chi connectivity index (χ2v) is 5.19. The monoisotopic (exact) mass is 311 g/mol. The number of amides is 2. The molecule has 0 aliphatic heterocycles. The minimum absolute atomic E-state index is 0.00167. The van der Waals surface area contributed by atoms with Gasteiger partial charge in [-0.25, -0.2) is 9.78 Å². The fourth-order valence-corrected chi connectivity index (χ4v) is 2.08. The Balaban J connectivity index is 2.60. The summed E-state index contributed by atoms with van der Waals surface area (Å²) >= 11 is 1.29. The highest BCUT2D eigenvalue weighted by Crippen LogP contribution is 2.16. The maximum absolute atomic E-state index is 12.3.